The highest BCUT2D eigenvalue weighted by molar-refractivity contribution is 5.85. The van der Waals surface area contributed by atoms with Gasteiger partial charge in [0.25, 0.3) is 0 Å². The average molecular weight is 381 g/mol. The van der Waals surface area contributed by atoms with Crippen molar-refractivity contribution in [3.63, 3.8) is 0 Å². The van der Waals surface area contributed by atoms with E-state index in [0.717, 1.165) is 44.2 Å². The number of benzene rings is 1. The van der Waals surface area contributed by atoms with Crippen LogP contribution in [-0.2, 0) is 6.54 Å². The van der Waals surface area contributed by atoms with E-state index in [4.69, 9.17) is 9.47 Å². The second-order valence-electron chi connectivity index (χ2n) is 5.20. The maximum absolute atomic E-state index is 5.66. The van der Waals surface area contributed by atoms with Gasteiger partial charge >= 0.3 is 0 Å². The van der Waals surface area contributed by atoms with Crippen molar-refractivity contribution in [3.8, 4) is 11.5 Å². The van der Waals surface area contributed by atoms with Crippen molar-refractivity contribution in [2.24, 2.45) is 0 Å². The first-order chi connectivity index (χ1) is 10.7. The highest BCUT2D eigenvalue weighted by atomic mass is 35.5. The average Bonchev–Trinajstić information content (AvgIpc) is 2.53. The van der Waals surface area contributed by atoms with Crippen molar-refractivity contribution < 1.29 is 9.47 Å². The van der Waals surface area contributed by atoms with E-state index in [1.165, 1.54) is 12.0 Å². The summed E-state index contributed by atoms with van der Waals surface area (Å²) >= 11 is 0. The Hall–Kier alpha value is -0.680. The first kappa shape index (κ1) is 25.6. The Kier molecular flexibility index (Phi) is 16.9. The zero-order chi connectivity index (χ0) is 16.2. The van der Waals surface area contributed by atoms with Gasteiger partial charge in [-0.25, -0.2) is 0 Å². The minimum absolute atomic E-state index is 0. The van der Waals surface area contributed by atoms with Gasteiger partial charge in [0.1, 0.15) is 0 Å². The molecule has 0 saturated heterocycles. The highest BCUT2D eigenvalue weighted by Gasteiger charge is 2.06. The predicted octanol–water partition coefficient (Wildman–Crippen LogP) is 4.15. The fraction of sp³-hybridized carbons (Fsp3) is 0.667. The second kappa shape index (κ2) is 15.8. The smallest absolute Gasteiger partial charge is 0.161 e. The molecule has 0 aliphatic heterocycles. The SMILES string of the molecule is CCOc1ccc(CNCCCN(CC)CC)cc1OCC.Cl.Cl. The number of ether oxygens (including phenoxy) is 2. The van der Waals surface area contributed by atoms with E-state index in [1.54, 1.807) is 0 Å². The fourth-order valence-electron chi connectivity index (χ4n) is 2.41. The first-order valence-corrected chi connectivity index (χ1v) is 8.56. The van der Waals surface area contributed by atoms with Crippen molar-refractivity contribution in [3.05, 3.63) is 23.8 Å². The van der Waals surface area contributed by atoms with E-state index in [-0.39, 0.29) is 24.8 Å². The molecule has 0 spiro atoms. The Morgan fingerprint density at radius 3 is 2.12 bits per heavy atom. The zero-order valence-corrected chi connectivity index (χ0v) is 17.1. The molecule has 4 nitrogen and oxygen atoms in total. The molecule has 0 bridgehead atoms. The van der Waals surface area contributed by atoms with Crippen molar-refractivity contribution in [1.82, 2.24) is 10.2 Å². The van der Waals surface area contributed by atoms with E-state index >= 15 is 0 Å². The predicted molar refractivity (Wildman–Crippen MR) is 107 cm³/mol. The first-order valence-electron chi connectivity index (χ1n) is 8.56. The fourth-order valence-corrected chi connectivity index (χ4v) is 2.41. The van der Waals surface area contributed by atoms with Gasteiger partial charge in [-0.1, -0.05) is 19.9 Å². The third kappa shape index (κ3) is 9.58. The van der Waals surface area contributed by atoms with Crippen molar-refractivity contribution >= 4 is 24.8 Å². The number of rotatable bonds is 12. The zero-order valence-electron chi connectivity index (χ0n) is 15.5. The number of halogens is 2. The monoisotopic (exact) mass is 380 g/mol. The summed E-state index contributed by atoms with van der Waals surface area (Å²) in [5.74, 6) is 1.67. The van der Waals surface area contributed by atoms with Gasteiger partial charge in [-0.05, 0) is 64.1 Å². The van der Waals surface area contributed by atoms with Gasteiger partial charge in [-0.2, -0.15) is 0 Å². The Balaban J connectivity index is 0. The van der Waals surface area contributed by atoms with Crippen LogP contribution in [0.4, 0.5) is 0 Å². The number of nitrogens with zero attached hydrogens (tertiary/aromatic N) is 1. The topological polar surface area (TPSA) is 33.7 Å². The molecule has 0 unspecified atom stereocenters. The Labute approximate surface area is 160 Å². The van der Waals surface area contributed by atoms with Gasteiger partial charge in [-0.3, -0.25) is 0 Å². The van der Waals surface area contributed by atoms with Crippen LogP contribution in [0.2, 0.25) is 0 Å². The molecule has 1 N–H and O–H groups in total. The summed E-state index contributed by atoms with van der Waals surface area (Å²) in [7, 11) is 0. The lowest BCUT2D eigenvalue weighted by atomic mass is 10.2. The summed E-state index contributed by atoms with van der Waals surface area (Å²) in [6.45, 7) is 15.0. The minimum Gasteiger partial charge on any atom is -0.490 e. The summed E-state index contributed by atoms with van der Waals surface area (Å²) in [5, 5.41) is 3.50. The van der Waals surface area contributed by atoms with Crippen LogP contribution in [0.25, 0.3) is 0 Å². The molecule has 0 aliphatic carbocycles. The summed E-state index contributed by atoms with van der Waals surface area (Å²) in [6.07, 6.45) is 1.18. The standard InChI is InChI=1S/C18H32N2O2.2ClH/c1-5-20(6-2)13-9-12-19-15-16-10-11-17(21-7-3)18(14-16)22-8-4;;/h10-11,14,19H,5-9,12-13,15H2,1-4H3;2*1H. The minimum atomic E-state index is 0. The van der Waals surface area contributed by atoms with Crippen molar-refractivity contribution in [1.29, 1.82) is 0 Å². The molecule has 0 aliphatic rings. The molecule has 1 aromatic carbocycles. The second-order valence-corrected chi connectivity index (χ2v) is 5.20. The van der Waals surface area contributed by atoms with Crippen LogP contribution in [0.5, 0.6) is 11.5 Å². The molecule has 0 radical (unpaired) electrons. The van der Waals surface area contributed by atoms with Crippen LogP contribution in [0.1, 0.15) is 39.7 Å². The summed E-state index contributed by atoms with van der Waals surface area (Å²) in [5.41, 5.74) is 1.23. The van der Waals surface area contributed by atoms with Crippen LogP contribution in [0.3, 0.4) is 0 Å². The van der Waals surface area contributed by atoms with Gasteiger partial charge in [-0.15, -0.1) is 24.8 Å². The molecule has 0 fully saturated rings. The lowest BCUT2D eigenvalue weighted by Gasteiger charge is -2.17. The summed E-state index contributed by atoms with van der Waals surface area (Å²) < 4.78 is 11.2. The normalized spacial score (nSPS) is 10.0. The molecule has 1 aromatic rings. The lowest BCUT2D eigenvalue weighted by Crippen LogP contribution is -2.27. The largest absolute Gasteiger partial charge is 0.490 e. The van der Waals surface area contributed by atoms with Gasteiger partial charge < -0.3 is 19.7 Å². The van der Waals surface area contributed by atoms with Crippen LogP contribution < -0.4 is 14.8 Å². The summed E-state index contributed by atoms with van der Waals surface area (Å²) in [4.78, 5) is 2.45. The Morgan fingerprint density at radius 1 is 0.917 bits per heavy atom. The third-order valence-corrected chi connectivity index (χ3v) is 3.66. The molecule has 0 aromatic heterocycles. The van der Waals surface area contributed by atoms with Gasteiger partial charge in [0.05, 0.1) is 13.2 Å². The number of hydrogen-bond donors (Lipinski definition) is 1. The van der Waals surface area contributed by atoms with Gasteiger partial charge in [0.2, 0.25) is 0 Å². The van der Waals surface area contributed by atoms with Crippen LogP contribution in [0, 0.1) is 0 Å². The van der Waals surface area contributed by atoms with Gasteiger partial charge in [0.15, 0.2) is 11.5 Å². The molecule has 1 rings (SSSR count). The van der Waals surface area contributed by atoms with E-state index in [9.17, 15) is 0 Å². The van der Waals surface area contributed by atoms with E-state index in [1.807, 2.05) is 19.9 Å². The van der Waals surface area contributed by atoms with E-state index in [2.05, 4.69) is 36.2 Å². The maximum atomic E-state index is 5.66. The molecule has 0 heterocycles. The number of hydrogen-bond acceptors (Lipinski definition) is 4. The maximum Gasteiger partial charge on any atom is 0.161 e. The van der Waals surface area contributed by atoms with Crippen molar-refractivity contribution in [2.75, 3.05) is 39.4 Å². The Morgan fingerprint density at radius 2 is 1.54 bits per heavy atom. The van der Waals surface area contributed by atoms with E-state index in [0.29, 0.717) is 13.2 Å². The van der Waals surface area contributed by atoms with E-state index < -0.39 is 0 Å². The molecular formula is C18H34Cl2N2O2. The van der Waals surface area contributed by atoms with Crippen LogP contribution in [-0.4, -0.2) is 44.3 Å². The molecule has 6 heteroatoms. The quantitative estimate of drug-likeness (QED) is 0.552. The molecule has 0 atom stereocenters. The molecular weight excluding hydrogens is 347 g/mol. The van der Waals surface area contributed by atoms with Gasteiger partial charge in [0, 0.05) is 6.54 Å². The Bertz CT molecular complexity index is 416. The third-order valence-electron chi connectivity index (χ3n) is 3.66. The molecule has 24 heavy (non-hydrogen) atoms. The van der Waals surface area contributed by atoms with Crippen molar-refractivity contribution in [2.45, 2.75) is 40.7 Å². The molecule has 0 saturated carbocycles. The van der Waals surface area contributed by atoms with Crippen LogP contribution >= 0.6 is 24.8 Å². The summed E-state index contributed by atoms with van der Waals surface area (Å²) in [6, 6.07) is 6.18. The highest BCUT2D eigenvalue weighted by Crippen LogP contribution is 2.28. The molecule has 142 valence electrons. The van der Waals surface area contributed by atoms with Crippen LogP contribution in [0.15, 0.2) is 18.2 Å². The number of nitrogens with one attached hydrogen (secondary N) is 1. The lowest BCUT2D eigenvalue weighted by molar-refractivity contribution is 0.287. The molecule has 0 amide bonds.